The monoisotopic (exact) mass is 420 g/mol. The van der Waals surface area contributed by atoms with E-state index in [0.29, 0.717) is 36.9 Å². The molecular formula is C22H29FN2O3S. The van der Waals surface area contributed by atoms with E-state index < -0.39 is 6.04 Å². The van der Waals surface area contributed by atoms with Gasteiger partial charge in [0, 0.05) is 18.8 Å². The summed E-state index contributed by atoms with van der Waals surface area (Å²) in [7, 11) is 0. The van der Waals surface area contributed by atoms with E-state index in [-0.39, 0.29) is 29.0 Å². The summed E-state index contributed by atoms with van der Waals surface area (Å²) in [6.07, 6.45) is 7.59. The van der Waals surface area contributed by atoms with Gasteiger partial charge in [-0.05, 0) is 43.7 Å². The van der Waals surface area contributed by atoms with Crippen molar-refractivity contribution in [2.45, 2.75) is 68.4 Å². The van der Waals surface area contributed by atoms with E-state index in [1.807, 2.05) is 4.90 Å². The van der Waals surface area contributed by atoms with Crippen molar-refractivity contribution in [3.05, 3.63) is 35.6 Å². The second-order valence-electron chi connectivity index (χ2n) is 8.25. The van der Waals surface area contributed by atoms with Crippen molar-refractivity contribution in [2.75, 3.05) is 18.8 Å². The van der Waals surface area contributed by atoms with Gasteiger partial charge in [-0.25, -0.2) is 4.39 Å². The molecule has 7 heteroatoms. The number of hydrogen-bond acceptors (Lipinski definition) is 4. The van der Waals surface area contributed by atoms with Gasteiger partial charge in [-0.1, -0.05) is 31.0 Å². The van der Waals surface area contributed by atoms with Gasteiger partial charge in [-0.2, -0.15) is 0 Å². The highest BCUT2D eigenvalue weighted by Gasteiger charge is 2.36. The van der Waals surface area contributed by atoms with Gasteiger partial charge in [-0.3, -0.25) is 9.59 Å². The van der Waals surface area contributed by atoms with Gasteiger partial charge in [-0.15, -0.1) is 11.8 Å². The third-order valence-corrected chi connectivity index (χ3v) is 7.48. The molecule has 1 aliphatic carbocycles. The summed E-state index contributed by atoms with van der Waals surface area (Å²) in [4.78, 5) is 27.2. The van der Waals surface area contributed by atoms with Crippen molar-refractivity contribution >= 4 is 23.6 Å². The predicted molar refractivity (Wildman–Crippen MR) is 111 cm³/mol. The number of piperidine rings is 1. The van der Waals surface area contributed by atoms with Crippen LogP contribution in [0.2, 0.25) is 0 Å². The highest BCUT2D eigenvalue weighted by Crippen LogP contribution is 2.27. The third kappa shape index (κ3) is 5.12. The van der Waals surface area contributed by atoms with Crippen molar-refractivity contribution in [3.63, 3.8) is 0 Å². The predicted octanol–water partition coefficient (Wildman–Crippen LogP) is 2.92. The third-order valence-electron chi connectivity index (χ3n) is 6.17. The summed E-state index contributed by atoms with van der Waals surface area (Å²) >= 11 is 1.45. The Bertz CT molecular complexity index is 733. The Hall–Kier alpha value is -1.60. The Kier molecular flexibility index (Phi) is 6.75. The Morgan fingerprint density at radius 2 is 1.83 bits per heavy atom. The average molecular weight is 421 g/mol. The fraction of sp³-hybridized carbons (Fsp3) is 0.636. The number of rotatable bonds is 5. The molecule has 3 aliphatic rings. The molecule has 1 aromatic rings. The standard InChI is InChI=1S/C22H29FN2O3S/c23-18-8-4-1-5-15(18)13-20-21(26)24-19(14-29-20)22(27)25-11-9-17(10-12-25)28-16-6-2-3-7-16/h1,4-5,8,16-17,19-20H,2-3,6-7,9-14H2,(H,24,26)/t19-,20-/m0/s1. The minimum absolute atomic E-state index is 0.00509. The van der Waals surface area contributed by atoms with E-state index in [1.165, 1.54) is 43.5 Å². The second-order valence-corrected chi connectivity index (χ2v) is 9.48. The zero-order valence-corrected chi connectivity index (χ0v) is 17.5. The van der Waals surface area contributed by atoms with Crippen LogP contribution in [-0.2, 0) is 20.7 Å². The first-order valence-electron chi connectivity index (χ1n) is 10.7. The van der Waals surface area contributed by atoms with Crippen LogP contribution < -0.4 is 5.32 Å². The normalized spacial score (nSPS) is 26.5. The summed E-state index contributed by atoms with van der Waals surface area (Å²) in [5.41, 5.74) is 0.536. The fourth-order valence-corrected chi connectivity index (χ4v) is 5.64. The lowest BCUT2D eigenvalue weighted by Gasteiger charge is -2.37. The van der Waals surface area contributed by atoms with Crippen LogP contribution in [0.1, 0.15) is 44.1 Å². The van der Waals surface area contributed by atoms with Crippen LogP contribution in [0.25, 0.3) is 0 Å². The van der Waals surface area contributed by atoms with Gasteiger partial charge >= 0.3 is 0 Å². The lowest BCUT2D eigenvalue weighted by atomic mass is 10.1. The van der Waals surface area contributed by atoms with E-state index in [4.69, 9.17) is 4.74 Å². The Morgan fingerprint density at radius 3 is 2.52 bits per heavy atom. The lowest BCUT2D eigenvalue weighted by Crippen LogP contribution is -2.56. The van der Waals surface area contributed by atoms with Crippen LogP contribution in [0.4, 0.5) is 4.39 Å². The minimum Gasteiger partial charge on any atom is -0.375 e. The second kappa shape index (κ2) is 9.47. The van der Waals surface area contributed by atoms with Crippen LogP contribution in [0, 0.1) is 5.82 Å². The van der Waals surface area contributed by atoms with Crippen molar-refractivity contribution in [2.24, 2.45) is 0 Å². The number of amides is 2. The van der Waals surface area contributed by atoms with E-state index in [0.717, 1.165) is 12.8 Å². The van der Waals surface area contributed by atoms with Gasteiger partial charge in [0.1, 0.15) is 11.9 Å². The Morgan fingerprint density at radius 1 is 1.14 bits per heavy atom. The molecule has 2 amide bonds. The maximum atomic E-state index is 13.9. The zero-order valence-electron chi connectivity index (χ0n) is 16.6. The average Bonchev–Trinajstić information content (AvgIpc) is 3.24. The molecule has 2 atom stereocenters. The largest absolute Gasteiger partial charge is 0.375 e. The van der Waals surface area contributed by atoms with Crippen LogP contribution in [0.5, 0.6) is 0 Å². The number of ether oxygens (including phenoxy) is 1. The summed E-state index contributed by atoms with van der Waals surface area (Å²) < 4.78 is 20.0. The molecular weight excluding hydrogens is 391 g/mol. The molecule has 29 heavy (non-hydrogen) atoms. The van der Waals surface area contributed by atoms with Crippen LogP contribution in [0.15, 0.2) is 24.3 Å². The highest BCUT2D eigenvalue weighted by atomic mass is 32.2. The maximum Gasteiger partial charge on any atom is 0.246 e. The summed E-state index contributed by atoms with van der Waals surface area (Å²) in [5.74, 6) is 0.0564. The Labute approximate surface area is 175 Å². The molecule has 5 nitrogen and oxygen atoms in total. The van der Waals surface area contributed by atoms with Gasteiger partial charge in [0.25, 0.3) is 0 Å². The molecule has 3 fully saturated rings. The van der Waals surface area contributed by atoms with Crippen LogP contribution in [-0.4, -0.2) is 59.1 Å². The quantitative estimate of drug-likeness (QED) is 0.796. The van der Waals surface area contributed by atoms with E-state index in [1.54, 1.807) is 18.2 Å². The molecule has 1 N–H and O–H groups in total. The zero-order chi connectivity index (χ0) is 20.2. The van der Waals surface area contributed by atoms with Crippen LogP contribution >= 0.6 is 11.8 Å². The molecule has 0 aromatic heterocycles. The minimum atomic E-state index is -0.489. The topological polar surface area (TPSA) is 58.6 Å². The number of thioether (sulfide) groups is 1. The van der Waals surface area contributed by atoms with Crippen LogP contribution in [0.3, 0.4) is 0 Å². The number of hydrogen-bond donors (Lipinski definition) is 1. The maximum absolute atomic E-state index is 13.9. The highest BCUT2D eigenvalue weighted by molar-refractivity contribution is 8.00. The van der Waals surface area contributed by atoms with E-state index in [9.17, 15) is 14.0 Å². The van der Waals surface area contributed by atoms with Crippen molar-refractivity contribution in [1.29, 1.82) is 0 Å². The first kappa shape index (κ1) is 20.7. The number of likely N-dealkylation sites (tertiary alicyclic amines) is 1. The van der Waals surface area contributed by atoms with E-state index >= 15 is 0 Å². The summed E-state index contributed by atoms with van der Waals surface area (Å²) in [5, 5.41) is 2.51. The number of carbonyl (C=O) groups excluding carboxylic acids is 2. The SMILES string of the molecule is O=C1N[C@H](C(=O)N2CCC(OC3CCCC3)CC2)CS[C@H]1Cc1ccccc1F. The molecule has 2 heterocycles. The van der Waals surface area contributed by atoms with Gasteiger partial charge in [0.05, 0.1) is 17.5 Å². The molecule has 4 rings (SSSR count). The molecule has 0 unspecified atom stereocenters. The molecule has 158 valence electrons. The first-order valence-corrected chi connectivity index (χ1v) is 11.7. The van der Waals surface area contributed by atoms with Crippen molar-refractivity contribution in [1.82, 2.24) is 10.2 Å². The molecule has 1 aromatic carbocycles. The van der Waals surface area contributed by atoms with Gasteiger partial charge < -0.3 is 15.0 Å². The fourth-order valence-electron chi connectivity index (χ4n) is 4.47. The Balaban J connectivity index is 1.24. The molecule has 2 aliphatic heterocycles. The first-order chi connectivity index (χ1) is 14.1. The van der Waals surface area contributed by atoms with E-state index in [2.05, 4.69) is 5.32 Å². The molecule has 0 radical (unpaired) electrons. The number of benzene rings is 1. The number of nitrogens with zero attached hydrogens (tertiary/aromatic N) is 1. The number of carbonyl (C=O) groups is 2. The van der Waals surface area contributed by atoms with Gasteiger partial charge in [0.2, 0.25) is 11.8 Å². The summed E-state index contributed by atoms with van der Waals surface area (Å²) in [6, 6.07) is 6.04. The van der Waals surface area contributed by atoms with Gasteiger partial charge in [0.15, 0.2) is 0 Å². The summed E-state index contributed by atoms with van der Waals surface area (Å²) in [6.45, 7) is 1.37. The molecule has 0 spiro atoms. The van der Waals surface area contributed by atoms with Crippen molar-refractivity contribution < 1.29 is 18.7 Å². The van der Waals surface area contributed by atoms with Crippen molar-refractivity contribution in [3.8, 4) is 0 Å². The molecule has 2 saturated heterocycles. The molecule has 0 bridgehead atoms. The number of nitrogens with one attached hydrogen (secondary N) is 1. The lowest BCUT2D eigenvalue weighted by molar-refractivity contribution is -0.138. The number of halogens is 1. The molecule has 1 saturated carbocycles. The smallest absolute Gasteiger partial charge is 0.246 e.